The van der Waals surface area contributed by atoms with Gasteiger partial charge in [0.1, 0.15) is 5.76 Å². The van der Waals surface area contributed by atoms with E-state index < -0.39 is 0 Å². The zero-order valence-electron chi connectivity index (χ0n) is 10.6. The molecule has 1 rings (SSSR count). The predicted octanol–water partition coefficient (Wildman–Crippen LogP) is 4.44. The first-order chi connectivity index (χ1) is 7.34. The van der Waals surface area contributed by atoms with Crippen molar-refractivity contribution in [1.82, 2.24) is 4.98 Å². The van der Waals surface area contributed by atoms with Gasteiger partial charge in [-0.2, -0.15) is 0 Å². The summed E-state index contributed by atoms with van der Waals surface area (Å²) in [5.74, 6) is 2.58. The molecule has 0 amide bonds. The van der Waals surface area contributed by atoms with Crippen LogP contribution in [0.1, 0.15) is 32.2 Å². The molecule has 0 fully saturated rings. The van der Waals surface area contributed by atoms with Crippen molar-refractivity contribution in [2.24, 2.45) is 11.3 Å². The Kier molecular flexibility index (Phi) is 4.92. The Hall–Kier alpha value is 0.0400. The number of aryl methyl sites for hydroxylation is 2. The number of halogens is 1. The third kappa shape index (κ3) is 3.81. The maximum Gasteiger partial charge on any atom is 0.256 e. The molecule has 0 aromatic carbocycles. The molecule has 1 heterocycles. The summed E-state index contributed by atoms with van der Waals surface area (Å²) in [5, 5.41) is 1.81. The van der Waals surface area contributed by atoms with Gasteiger partial charge in [0.05, 0.1) is 5.69 Å². The van der Waals surface area contributed by atoms with Crippen LogP contribution >= 0.6 is 27.7 Å². The normalized spacial score (nSPS) is 14.1. The lowest BCUT2D eigenvalue weighted by molar-refractivity contribution is 0.294. The first kappa shape index (κ1) is 14.1. The van der Waals surface area contributed by atoms with E-state index in [1.807, 2.05) is 13.8 Å². The molecule has 1 aromatic rings. The molecule has 0 saturated heterocycles. The molecule has 0 bridgehead atoms. The molecule has 92 valence electrons. The molecule has 0 saturated carbocycles. The lowest BCUT2D eigenvalue weighted by Crippen LogP contribution is -2.23. The standard InChI is InChI=1S/C12H20BrNOS/c1-8-9(2)15-11(14-8)16-7-10(6-13)12(3,4)5/h10H,6-7H2,1-5H3. The Morgan fingerprint density at radius 2 is 2.00 bits per heavy atom. The van der Waals surface area contributed by atoms with Gasteiger partial charge in [0, 0.05) is 11.1 Å². The van der Waals surface area contributed by atoms with Crippen LogP contribution in [0, 0.1) is 25.2 Å². The topological polar surface area (TPSA) is 26.0 Å². The van der Waals surface area contributed by atoms with E-state index in [0.29, 0.717) is 11.3 Å². The minimum Gasteiger partial charge on any atom is -0.437 e. The van der Waals surface area contributed by atoms with E-state index in [9.17, 15) is 0 Å². The molecule has 1 aromatic heterocycles. The monoisotopic (exact) mass is 305 g/mol. The highest BCUT2D eigenvalue weighted by atomic mass is 79.9. The van der Waals surface area contributed by atoms with Crippen LogP contribution in [0.4, 0.5) is 0 Å². The largest absolute Gasteiger partial charge is 0.437 e. The van der Waals surface area contributed by atoms with E-state index >= 15 is 0 Å². The average molecular weight is 306 g/mol. The molecule has 1 atom stereocenters. The third-order valence-electron chi connectivity index (χ3n) is 2.83. The van der Waals surface area contributed by atoms with Crippen molar-refractivity contribution in [3.63, 3.8) is 0 Å². The number of aromatic nitrogens is 1. The van der Waals surface area contributed by atoms with Crippen molar-refractivity contribution < 1.29 is 4.42 Å². The van der Waals surface area contributed by atoms with Crippen LogP contribution in [0.3, 0.4) is 0 Å². The van der Waals surface area contributed by atoms with Crippen molar-refractivity contribution in [3.8, 4) is 0 Å². The van der Waals surface area contributed by atoms with Crippen molar-refractivity contribution in [2.45, 2.75) is 39.8 Å². The van der Waals surface area contributed by atoms with Crippen LogP contribution in [0.25, 0.3) is 0 Å². The Morgan fingerprint density at radius 3 is 2.38 bits per heavy atom. The molecule has 0 aliphatic heterocycles. The maximum absolute atomic E-state index is 5.56. The summed E-state index contributed by atoms with van der Waals surface area (Å²) < 4.78 is 5.56. The van der Waals surface area contributed by atoms with Crippen LogP contribution in [0.15, 0.2) is 9.64 Å². The highest BCUT2D eigenvalue weighted by Gasteiger charge is 2.24. The van der Waals surface area contributed by atoms with E-state index in [0.717, 1.165) is 27.8 Å². The number of hydrogen-bond donors (Lipinski definition) is 0. The van der Waals surface area contributed by atoms with E-state index in [-0.39, 0.29) is 0 Å². The molecule has 4 heteroatoms. The zero-order valence-corrected chi connectivity index (χ0v) is 13.0. The predicted molar refractivity (Wildman–Crippen MR) is 73.4 cm³/mol. The number of thioether (sulfide) groups is 1. The fraction of sp³-hybridized carbons (Fsp3) is 0.750. The van der Waals surface area contributed by atoms with Gasteiger partial charge in [-0.15, -0.1) is 0 Å². The van der Waals surface area contributed by atoms with Crippen LogP contribution in [0.2, 0.25) is 0 Å². The highest BCUT2D eigenvalue weighted by molar-refractivity contribution is 9.09. The first-order valence-electron chi connectivity index (χ1n) is 5.47. The van der Waals surface area contributed by atoms with E-state index in [4.69, 9.17) is 4.42 Å². The smallest absolute Gasteiger partial charge is 0.256 e. The Balaban J connectivity index is 2.56. The molecular weight excluding hydrogens is 286 g/mol. The second-order valence-corrected chi connectivity index (χ2v) is 6.77. The number of nitrogens with zero attached hydrogens (tertiary/aromatic N) is 1. The van der Waals surface area contributed by atoms with Gasteiger partial charge in [-0.3, -0.25) is 0 Å². The maximum atomic E-state index is 5.56. The van der Waals surface area contributed by atoms with Crippen LogP contribution in [-0.2, 0) is 0 Å². The second-order valence-electron chi connectivity index (χ2n) is 5.15. The van der Waals surface area contributed by atoms with Gasteiger partial charge in [-0.1, -0.05) is 48.5 Å². The summed E-state index contributed by atoms with van der Waals surface area (Å²) in [6.45, 7) is 10.7. The zero-order chi connectivity index (χ0) is 12.3. The van der Waals surface area contributed by atoms with Gasteiger partial charge in [-0.05, 0) is 25.2 Å². The van der Waals surface area contributed by atoms with Crippen LogP contribution in [-0.4, -0.2) is 16.1 Å². The highest BCUT2D eigenvalue weighted by Crippen LogP contribution is 2.33. The van der Waals surface area contributed by atoms with Crippen LogP contribution < -0.4 is 0 Å². The van der Waals surface area contributed by atoms with Gasteiger partial charge in [0.25, 0.3) is 5.22 Å². The molecular formula is C12H20BrNOS. The summed E-state index contributed by atoms with van der Waals surface area (Å²) in [6.07, 6.45) is 0. The number of oxazole rings is 1. The quantitative estimate of drug-likeness (QED) is 0.607. The Morgan fingerprint density at radius 1 is 1.38 bits per heavy atom. The molecule has 2 nitrogen and oxygen atoms in total. The molecule has 16 heavy (non-hydrogen) atoms. The van der Waals surface area contributed by atoms with E-state index in [1.54, 1.807) is 11.8 Å². The summed E-state index contributed by atoms with van der Waals surface area (Å²) in [4.78, 5) is 4.38. The molecule has 0 radical (unpaired) electrons. The molecule has 0 spiro atoms. The number of rotatable bonds is 4. The SMILES string of the molecule is Cc1nc(SCC(CBr)C(C)(C)C)oc1C. The molecule has 0 aliphatic rings. The fourth-order valence-corrected chi connectivity index (χ4v) is 4.05. The minimum atomic E-state index is 0.313. The summed E-state index contributed by atoms with van der Waals surface area (Å²) in [5.41, 5.74) is 1.31. The third-order valence-corrected chi connectivity index (χ3v) is 4.60. The molecule has 0 N–H and O–H groups in total. The van der Waals surface area contributed by atoms with Crippen molar-refractivity contribution in [2.75, 3.05) is 11.1 Å². The lowest BCUT2D eigenvalue weighted by Gasteiger charge is -2.28. The summed E-state index contributed by atoms with van der Waals surface area (Å²) >= 11 is 5.29. The van der Waals surface area contributed by atoms with Crippen molar-refractivity contribution in [1.29, 1.82) is 0 Å². The first-order valence-corrected chi connectivity index (χ1v) is 7.58. The van der Waals surface area contributed by atoms with Gasteiger partial charge in [0.15, 0.2) is 0 Å². The number of hydrogen-bond acceptors (Lipinski definition) is 3. The molecule has 1 unspecified atom stereocenters. The lowest BCUT2D eigenvalue weighted by atomic mass is 9.83. The Labute approximate surface area is 111 Å². The number of alkyl halides is 1. The van der Waals surface area contributed by atoms with E-state index in [1.165, 1.54) is 0 Å². The Bertz CT molecular complexity index is 324. The molecule has 0 aliphatic carbocycles. The van der Waals surface area contributed by atoms with Crippen LogP contribution in [0.5, 0.6) is 0 Å². The second kappa shape index (κ2) is 5.58. The van der Waals surface area contributed by atoms with Gasteiger partial charge < -0.3 is 4.42 Å². The van der Waals surface area contributed by atoms with Gasteiger partial charge in [-0.25, -0.2) is 4.98 Å². The van der Waals surface area contributed by atoms with Crippen molar-refractivity contribution in [3.05, 3.63) is 11.5 Å². The fourth-order valence-electron chi connectivity index (χ4n) is 1.20. The minimum absolute atomic E-state index is 0.313. The summed E-state index contributed by atoms with van der Waals surface area (Å²) in [6, 6.07) is 0. The summed E-state index contributed by atoms with van der Waals surface area (Å²) in [7, 11) is 0. The van der Waals surface area contributed by atoms with E-state index in [2.05, 4.69) is 41.7 Å². The van der Waals surface area contributed by atoms with Gasteiger partial charge >= 0.3 is 0 Å². The van der Waals surface area contributed by atoms with Gasteiger partial charge in [0.2, 0.25) is 0 Å². The average Bonchev–Trinajstić information content (AvgIpc) is 2.45. The van der Waals surface area contributed by atoms with Crippen molar-refractivity contribution >= 4 is 27.7 Å².